The number of nitrogens with zero attached hydrogens (tertiary/aromatic N) is 2. The molecule has 136 valence electrons. The van der Waals surface area contributed by atoms with Gasteiger partial charge in [0.05, 0.1) is 22.6 Å². The molecule has 0 unspecified atom stereocenters. The van der Waals surface area contributed by atoms with Gasteiger partial charge in [-0.15, -0.1) is 0 Å². The normalized spacial score (nSPS) is 11.4. The van der Waals surface area contributed by atoms with Crippen molar-refractivity contribution in [3.05, 3.63) is 46.8 Å². The molecule has 0 aliphatic heterocycles. The van der Waals surface area contributed by atoms with E-state index < -0.39 is 0 Å². The largest absolute Gasteiger partial charge is 0.352 e. The molecule has 1 heterocycles. The molecule has 4 nitrogen and oxygen atoms in total. The molecule has 0 atom stereocenters. The highest BCUT2D eigenvalue weighted by Gasteiger charge is 2.24. The van der Waals surface area contributed by atoms with Crippen molar-refractivity contribution in [1.29, 1.82) is 0 Å². The Hall–Kier alpha value is -2.10. The minimum atomic E-state index is 0.0000954. The van der Waals surface area contributed by atoms with Gasteiger partial charge in [-0.1, -0.05) is 46.8 Å². The van der Waals surface area contributed by atoms with E-state index in [2.05, 4.69) is 59.0 Å². The molecular weight excluding hydrogens is 310 g/mol. The van der Waals surface area contributed by atoms with Gasteiger partial charge < -0.3 is 5.32 Å². The number of hydrogen-bond donors (Lipinski definition) is 1. The Kier molecular flexibility index (Phi) is 6.40. The smallest absolute Gasteiger partial charge is 0.255 e. The fourth-order valence-corrected chi connectivity index (χ4v) is 2.98. The van der Waals surface area contributed by atoms with Crippen LogP contribution in [0, 0.1) is 18.8 Å². The van der Waals surface area contributed by atoms with Crippen molar-refractivity contribution >= 4 is 5.91 Å². The van der Waals surface area contributed by atoms with Gasteiger partial charge in [-0.05, 0) is 49.3 Å². The Bertz CT molecular complexity index is 729. The molecule has 2 rings (SSSR count). The van der Waals surface area contributed by atoms with Gasteiger partial charge in [0.15, 0.2) is 0 Å². The van der Waals surface area contributed by atoms with Gasteiger partial charge in [0.25, 0.3) is 5.91 Å². The molecule has 0 aliphatic carbocycles. The van der Waals surface area contributed by atoms with Crippen molar-refractivity contribution in [2.24, 2.45) is 11.8 Å². The van der Waals surface area contributed by atoms with E-state index in [-0.39, 0.29) is 5.91 Å². The zero-order valence-corrected chi connectivity index (χ0v) is 16.4. The summed E-state index contributed by atoms with van der Waals surface area (Å²) in [5, 5.41) is 7.91. The molecule has 25 heavy (non-hydrogen) atoms. The van der Waals surface area contributed by atoms with Gasteiger partial charge >= 0.3 is 0 Å². The lowest BCUT2D eigenvalue weighted by Gasteiger charge is -2.11. The molecule has 1 aromatic heterocycles. The molecule has 0 saturated heterocycles. The molecule has 0 fully saturated rings. The lowest BCUT2D eigenvalue weighted by atomic mass is 10.0. The fraction of sp³-hybridized carbons (Fsp3) is 0.524. The second-order valence-electron chi connectivity index (χ2n) is 7.57. The molecule has 1 aromatic carbocycles. The van der Waals surface area contributed by atoms with Gasteiger partial charge in [0.1, 0.15) is 0 Å². The predicted molar refractivity (Wildman–Crippen MR) is 103 cm³/mol. The second-order valence-corrected chi connectivity index (χ2v) is 7.57. The van der Waals surface area contributed by atoms with E-state index in [1.165, 1.54) is 5.56 Å². The van der Waals surface area contributed by atoms with Crippen LogP contribution in [-0.4, -0.2) is 22.2 Å². The summed E-state index contributed by atoms with van der Waals surface area (Å²) in [6.07, 6.45) is 1.57. The van der Waals surface area contributed by atoms with Crippen LogP contribution in [0.1, 0.15) is 61.9 Å². The summed E-state index contributed by atoms with van der Waals surface area (Å²) in [5.74, 6) is 0.872. The Labute approximate surface area is 151 Å². The van der Waals surface area contributed by atoms with Crippen molar-refractivity contribution in [2.45, 2.75) is 54.4 Å². The fourth-order valence-electron chi connectivity index (χ4n) is 2.98. The minimum absolute atomic E-state index is 0.0000954. The Morgan fingerprint density at radius 3 is 2.48 bits per heavy atom. The monoisotopic (exact) mass is 341 g/mol. The van der Waals surface area contributed by atoms with Crippen molar-refractivity contribution in [3.63, 3.8) is 0 Å². The average molecular weight is 341 g/mol. The van der Waals surface area contributed by atoms with E-state index in [0.29, 0.717) is 18.4 Å². The van der Waals surface area contributed by atoms with Crippen LogP contribution in [0.15, 0.2) is 24.3 Å². The number of carbonyl (C=O) groups excluding carboxylic acids is 1. The van der Waals surface area contributed by atoms with Crippen LogP contribution >= 0.6 is 0 Å². The maximum atomic E-state index is 12.9. The number of rotatable bonds is 7. The van der Waals surface area contributed by atoms with Gasteiger partial charge in [-0.3, -0.25) is 4.79 Å². The summed E-state index contributed by atoms with van der Waals surface area (Å²) in [5.41, 5.74) is 4.85. The zero-order valence-electron chi connectivity index (χ0n) is 16.4. The van der Waals surface area contributed by atoms with Gasteiger partial charge in [-0.25, -0.2) is 4.68 Å². The first-order chi connectivity index (χ1) is 11.8. The highest BCUT2D eigenvalue weighted by atomic mass is 16.1. The van der Waals surface area contributed by atoms with Crippen LogP contribution in [0.25, 0.3) is 5.69 Å². The summed E-state index contributed by atoms with van der Waals surface area (Å²) in [6, 6.07) is 8.27. The van der Waals surface area contributed by atoms with Gasteiger partial charge in [-0.2, -0.15) is 5.10 Å². The lowest BCUT2D eigenvalue weighted by molar-refractivity contribution is 0.0947. The molecular formula is C21H31N3O. The Balaban J connectivity index is 2.53. The van der Waals surface area contributed by atoms with Crippen LogP contribution in [0.2, 0.25) is 0 Å². The number of aryl methyl sites for hydroxylation is 1. The van der Waals surface area contributed by atoms with E-state index in [4.69, 9.17) is 5.10 Å². The van der Waals surface area contributed by atoms with Crippen molar-refractivity contribution in [3.8, 4) is 5.69 Å². The summed E-state index contributed by atoms with van der Waals surface area (Å²) in [4.78, 5) is 12.9. The third-order valence-electron chi connectivity index (χ3n) is 4.13. The second kappa shape index (κ2) is 8.32. The number of benzene rings is 1. The van der Waals surface area contributed by atoms with Crippen molar-refractivity contribution in [2.75, 3.05) is 6.54 Å². The predicted octanol–water partition coefficient (Wildman–Crippen LogP) is 4.33. The molecule has 2 aromatic rings. The molecule has 0 aliphatic rings. The first-order valence-corrected chi connectivity index (χ1v) is 9.29. The SMILES string of the molecule is CCc1c(C(=O)NCC(C)C)c(CC(C)C)nn1-c1cccc(C)c1. The molecule has 1 N–H and O–H groups in total. The Morgan fingerprint density at radius 2 is 1.92 bits per heavy atom. The molecule has 1 amide bonds. The summed E-state index contributed by atoms with van der Waals surface area (Å²) in [6.45, 7) is 13.4. The number of amides is 1. The van der Waals surface area contributed by atoms with Crippen molar-refractivity contribution < 1.29 is 4.79 Å². The number of nitrogens with one attached hydrogen (secondary N) is 1. The van der Waals surface area contributed by atoms with E-state index in [9.17, 15) is 4.79 Å². The molecule has 0 radical (unpaired) electrons. The van der Waals surface area contributed by atoms with Crippen LogP contribution in [0.3, 0.4) is 0 Å². The molecule has 0 spiro atoms. The van der Waals surface area contributed by atoms with Crippen LogP contribution < -0.4 is 5.32 Å². The van der Waals surface area contributed by atoms with Crippen LogP contribution in [0.5, 0.6) is 0 Å². The van der Waals surface area contributed by atoms with Crippen LogP contribution in [-0.2, 0) is 12.8 Å². The molecule has 0 bridgehead atoms. The standard InChI is InChI=1S/C21H31N3O/c1-7-19-20(21(25)22-13-15(4)5)18(11-14(2)3)23-24(19)17-10-8-9-16(6)12-17/h8-10,12,14-15H,7,11,13H2,1-6H3,(H,22,25). The lowest BCUT2D eigenvalue weighted by Crippen LogP contribution is -2.29. The average Bonchev–Trinajstić information content (AvgIpc) is 2.90. The van der Waals surface area contributed by atoms with Crippen molar-refractivity contribution in [1.82, 2.24) is 15.1 Å². The van der Waals surface area contributed by atoms with E-state index in [0.717, 1.165) is 35.5 Å². The quantitative estimate of drug-likeness (QED) is 0.815. The first-order valence-electron chi connectivity index (χ1n) is 9.29. The maximum Gasteiger partial charge on any atom is 0.255 e. The van der Waals surface area contributed by atoms with E-state index >= 15 is 0 Å². The molecule has 4 heteroatoms. The third-order valence-corrected chi connectivity index (χ3v) is 4.13. The number of hydrogen-bond acceptors (Lipinski definition) is 2. The first kappa shape index (κ1) is 19.2. The Morgan fingerprint density at radius 1 is 1.20 bits per heavy atom. The third kappa shape index (κ3) is 4.71. The topological polar surface area (TPSA) is 46.9 Å². The maximum absolute atomic E-state index is 12.9. The number of carbonyl (C=O) groups is 1. The highest BCUT2D eigenvalue weighted by molar-refractivity contribution is 5.96. The van der Waals surface area contributed by atoms with Gasteiger partial charge in [0.2, 0.25) is 0 Å². The summed E-state index contributed by atoms with van der Waals surface area (Å²) in [7, 11) is 0. The minimum Gasteiger partial charge on any atom is -0.352 e. The highest BCUT2D eigenvalue weighted by Crippen LogP contribution is 2.23. The number of aromatic nitrogens is 2. The van der Waals surface area contributed by atoms with Gasteiger partial charge in [0, 0.05) is 6.54 Å². The zero-order chi connectivity index (χ0) is 18.6. The summed E-state index contributed by atoms with van der Waals surface area (Å²) >= 11 is 0. The summed E-state index contributed by atoms with van der Waals surface area (Å²) < 4.78 is 1.95. The molecule has 0 saturated carbocycles. The van der Waals surface area contributed by atoms with E-state index in [1.807, 2.05) is 16.8 Å². The van der Waals surface area contributed by atoms with E-state index in [1.54, 1.807) is 0 Å². The van der Waals surface area contributed by atoms with Crippen LogP contribution in [0.4, 0.5) is 0 Å².